The van der Waals surface area contributed by atoms with Crippen molar-refractivity contribution in [3.63, 3.8) is 0 Å². The van der Waals surface area contributed by atoms with Gasteiger partial charge >= 0.3 is 0 Å². The van der Waals surface area contributed by atoms with Crippen LogP contribution in [0.15, 0.2) is 42.5 Å². The number of hydrogen-bond acceptors (Lipinski definition) is 4. The Hall–Kier alpha value is -2.69. The molecule has 0 radical (unpaired) electrons. The Balaban J connectivity index is 1.77. The first-order chi connectivity index (χ1) is 10.2. The highest BCUT2D eigenvalue weighted by Gasteiger charge is 2.17. The minimum absolute atomic E-state index is 0.218. The molecule has 5 heteroatoms. The van der Waals surface area contributed by atoms with E-state index in [-0.39, 0.29) is 19.1 Å². The molecule has 2 aromatic carbocycles. The number of carbonyl (C=O) groups excluding carboxylic acids is 1. The lowest BCUT2D eigenvalue weighted by molar-refractivity contribution is -0.117. The summed E-state index contributed by atoms with van der Waals surface area (Å²) in [5.74, 6) is 1.19. The third kappa shape index (κ3) is 2.91. The molecule has 0 aromatic heterocycles. The Morgan fingerprint density at radius 2 is 1.90 bits per heavy atom. The summed E-state index contributed by atoms with van der Waals surface area (Å²) < 4.78 is 10.8. The van der Waals surface area contributed by atoms with E-state index in [4.69, 9.17) is 15.2 Å². The topological polar surface area (TPSA) is 73.6 Å². The van der Waals surface area contributed by atoms with E-state index in [2.05, 4.69) is 5.32 Å². The van der Waals surface area contributed by atoms with Crippen LogP contribution in [-0.4, -0.2) is 12.7 Å². The summed E-state index contributed by atoms with van der Waals surface area (Å²) in [6.07, 6.45) is 0.218. The van der Waals surface area contributed by atoms with E-state index >= 15 is 0 Å². The summed E-state index contributed by atoms with van der Waals surface area (Å²) in [6, 6.07) is 13.4. The fourth-order valence-corrected chi connectivity index (χ4v) is 2.35. The summed E-state index contributed by atoms with van der Waals surface area (Å²) in [7, 11) is 0. The quantitative estimate of drug-likeness (QED) is 0.881. The fourth-order valence-electron chi connectivity index (χ4n) is 2.35. The number of anilines is 1. The van der Waals surface area contributed by atoms with Gasteiger partial charge < -0.3 is 20.5 Å². The van der Waals surface area contributed by atoms with E-state index in [1.165, 1.54) is 0 Å². The van der Waals surface area contributed by atoms with Gasteiger partial charge in [0.05, 0.1) is 6.42 Å². The highest BCUT2D eigenvalue weighted by molar-refractivity contribution is 5.78. The number of carbonyl (C=O) groups is 1. The number of rotatable bonds is 5. The molecule has 1 aliphatic rings. The number of nitrogens with one attached hydrogen (secondary N) is 1. The SMILES string of the molecule is NC(=O)Cc1ccccc1NCc1cccc2c1OCO2. The second-order valence-electron chi connectivity index (χ2n) is 4.80. The lowest BCUT2D eigenvalue weighted by Gasteiger charge is -2.12. The average molecular weight is 284 g/mol. The number of primary amides is 1. The highest BCUT2D eigenvalue weighted by Crippen LogP contribution is 2.35. The smallest absolute Gasteiger partial charge is 0.231 e. The first-order valence-electron chi connectivity index (χ1n) is 6.71. The molecule has 5 nitrogen and oxygen atoms in total. The molecule has 0 atom stereocenters. The number of nitrogens with two attached hydrogens (primary N) is 1. The van der Waals surface area contributed by atoms with E-state index in [0.717, 1.165) is 28.3 Å². The van der Waals surface area contributed by atoms with Crippen molar-refractivity contribution in [1.82, 2.24) is 0 Å². The molecule has 0 fully saturated rings. The van der Waals surface area contributed by atoms with Crippen LogP contribution in [0, 0.1) is 0 Å². The van der Waals surface area contributed by atoms with Gasteiger partial charge in [0.15, 0.2) is 11.5 Å². The van der Waals surface area contributed by atoms with Crippen LogP contribution in [-0.2, 0) is 17.8 Å². The van der Waals surface area contributed by atoms with Crippen molar-refractivity contribution in [2.75, 3.05) is 12.1 Å². The second kappa shape index (κ2) is 5.75. The minimum atomic E-state index is -0.346. The zero-order valence-electron chi connectivity index (χ0n) is 11.5. The molecule has 21 heavy (non-hydrogen) atoms. The zero-order chi connectivity index (χ0) is 14.7. The highest BCUT2D eigenvalue weighted by atomic mass is 16.7. The van der Waals surface area contributed by atoms with Gasteiger partial charge in [-0.2, -0.15) is 0 Å². The fraction of sp³-hybridized carbons (Fsp3) is 0.188. The molecule has 0 spiro atoms. The van der Waals surface area contributed by atoms with Gasteiger partial charge in [0.2, 0.25) is 12.7 Å². The molecule has 0 unspecified atom stereocenters. The Bertz CT molecular complexity index is 670. The first kappa shape index (κ1) is 13.3. The summed E-state index contributed by atoms with van der Waals surface area (Å²) in [5.41, 5.74) is 8.06. The van der Waals surface area contributed by atoms with Gasteiger partial charge in [-0.25, -0.2) is 0 Å². The molecule has 108 valence electrons. The normalized spacial score (nSPS) is 12.2. The number of amides is 1. The van der Waals surface area contributed by atoms with Crippen LogP contribution in [0.2, 0.25) is 0 Å². The van der Waals surface area contributed by atoms with Crippen molar-refractivity contribution < 1.29 is 14.3 Å². The predicted octanol–water partition coefficient (Wildman–Crippen LogP) is 2.06. The third-order valence-corrected chi connectivity index (χ3v) is 3.33. The van der Waals surface area contributed by atoms with Crippen molar-refractivity contribution >= 4 is 11.6 Å². The molecule has 0 saturated carbocycles. The van der Waals surface area contributed by atoms with Crippen LogP contribution >= 0.6 is 0 Å². The van der Waals surface area contributed by atoms with Crippen LogP contribution in [0.3, 0.4) is 0 Å². The first-order valence-corrected chi connectivity index (χ1v) is 6.71. The largest absolute Gasteiger partial charge is 0.454 e. The average Bonchev–Trinajstić information content (AvgIpc) is 2.95. The van der Waals surface area contributed by atoms with Crippen molar-refractivity contribution in [3.8, 4) is 11.5 Å². The van der Waals surface area contributed by atoms with E-state index < -0.39 is 0 Å². The van der Waals surface area contributed by atoms with Crippen molar-refractivity contribution in [1.29, 1.82) is 0 Å². The molecule has 2 aromatic rings. The Labute approximate surface area is 122 Å². The molecule has 3 rings (SSSR count). The van der Waals surface area contributed by atoms with E-state index in [9.17, 15) is 4.79 Å². The van der Waals surface area contributed by atoms with Crippen LogP contribution in [0.5, 0.6) is 11.5 Å². The monoisotopic (exact) mass is 284 g/mol. The standard InChI is InChI=1S/C16H16N2O3/c17-15(19)8-11-4-1-2-6-13(11)18-9-12-5-3-7-14-16(12)21-10-20-14/h1-7,18H,8-10H2,(H2,17,19). The third-order valence-electron chi connectivity index (χ3n) is 3.33. The van der Waals surface area contributed by atoms with E-state index in [0.29, 0.717) is 6.54 Å². The van der Waals surface area contributed by atoms with E-state index in [1.54, 1.807) is 0 Å². The summed E-state index contributed by atoms with van der Waals surface area (Å²) >= 11 is 0. The van der Waals surface area contributed by atoms with Gasteiger partial charge in [-0.1, -0.05) is 30.3 Å². The number of fused-ring (bicyclic) bond motifs is 1. The molecule has 1 heterocycles. The van der Waals surface area contributed by atoms with Gasteiger partial charge in [-0.3, -0.25) is 4.79 Å². The lowest BCUT2D eigenvalue weighted by atomic mass is 10.1. The van der Waals surface area contributed by atoms with Gasteiger partial charge in [0.25, 0.3) is 0 Å². The zero-order valence-corrected chi connectivity index (χ0v) is 11.5. The number of benzene rings is 2. The summed E-state index contributed by atoms with van der Waals surface area (Å²) in [5, 5.41) is 3.32. The Morgan fingerprint density at radius 3 is 2.76 bits per heavy atom. The number of para-hydroxylation sites is 2. The maximum Gasteiger partial charge on any atom is 0.231 e. The van der Waals surface area contributed by atoms with Crippen LogP contribution in [0.4, 0.5) is 5.69 Å². The maximum atomic E-state index is 11.1. The molecular formula is C16H16N2O3. The van der Waals surface area contributed by atoms with Crippen LogP contribution in [0.1, 0.15) is 11.1 Å². The molecule has 3 N–H and O–H groups in total. The molecule has 1 amide bonds. The molecule has 0 aliphatic carbocycles. The Kier molecular flexibility index (Phi) is 3.64. The van der Waals surface area contributed by atoms with Crippen molar-refractivity contribution in [3.05, 3.63) is 53.6 Å². The lowest BCUT2D eigenvalue weighted by Crippen LogP contribution is -2.15. The van der Waals surface area contributed by atoms with Gasteiger partial charge in [-0.15, -0.1) is 0 Å². The Morgan fingerprint density at radius 1 is 1.10 bits per heavy atom. The van der Waals surface area contributed by atoms with Gasteiger partial charge in [0.1, 0.15) is 0 Å². The summed E-state index contributed by atoms with van der Waals surface area (Å²) in [6.45, 7) is 0.840. The second-order valence-corrected chi connectivity index (χ2v) is 4.80. The van der Waals surface area contributed by atoms with E-state index in [1.807, 2.05) is 42.5 Å². The van der Waals surface area contributed by atoms with Crippen molar-refractivity contribution in [2.24, 2.45) is 5.73 Å². The number of ether oxygens (including phenoxy) is 2. The van der Waals surface area contributed by atoms with Crippen LogP contribution in [0.25, 0.3) is 0 Å². The number of hydrogen-bond donors (Lipinski definition) is 2. The minimum Gasteiger partial charge on any atom is -0.454 e. The summed E-state index contributed by atoms with van der Waals surface area (Å²) in [4.78, 5) is 11.1. The molecule has 0 saturated heterocycles. The van der Waals surface area contributed by atoms with Gasteiger partial charge in [-0.05, 0) is 17.7 Å². The van der Waals surface area contributed by atoms with Crippen molar-refractivity contribution in [2.45, 2.75) is 13.0 Å². The predicted molar refractivity (Wildman–Crippen MR) is 79.2 cm³/mol. The van der Waals surface area contributed by atoms with Crippen LogP contribution < -0.4 is 20.5 Å². The molecule has 0 bridgehead atoms. The van der Waals surface area contributed by atoms with Gasteiger partial charge in [0, 0.05) is 17.8 Å². The molecule has 1 aliphatic heterocycles. The maximum absolute atomic E-state index is 11.1. The molecular weight excluding hydrogens is 268 g/mol.